The van der Waals surface area contributed by atoms with Gasteiger partial charge in [-0.3, -0.25) is 0 Å². The van der Waals surface area contributed by atoms with Crippen molar-refractivity contribution in [2.45, 2.75) is 19.4 Å². The molecule has 2 aromatic carbocycles. The Morgan fingerprint density at radius 3 is 2.80 bits per heavy atom. The summed E-state index contributed by atoms with van der Waals surface area (Å²) in [5.74, 6) is -0.181. The van der Waals surface area contributed by atoms with Gasteiger partial charge in [-0.05, 0) is 42.7 Å². The highest BCUT2D eigenvalue weighted by atomic mass is 32.1. The fourth-order valence-corrected chi connectivity index (χ4v) is 3.12. The molecule has 0 radical (unpaired) electrons. The monoisotopic (exact) mass is 286 g/mol. The Balaban J connectivity index is 1.84. The number of hydrogen-bond donors (Lipinski definition) is 1. The van der Waals surface area contributed by atoms with E-state index >= 15 is 0 Å². The van der Waals surface area contributed by atoms with Crippen molar-refractivity contribution in [1.82, 2.24) is 4.98 Å². The van der Waals surface area contributed by atoms with E-state index in [0.717, 1.165) is 20.8 Å². The Morgan fingerprint density at radius 1 is 1.25 bits per heavy atom. The minimum atomic E-state index is -0.200. The predicted molar refractivity (Wildman–Crippen MR) is 81.4 cm³/mol. The van der Waals surface area contributed by atoms with Crippen LogP contribution in [0.25, 0.3) is 10.2 Å². The lowest BCUT2D eigenvalue weighted by molar-refractivity contribution is 0.613. The van der Waals surface area contributed by atoms with E-state index in [2.05, 4.69) is 4.98 Å². The lowest BCUT2D eigenvalue weighted by Crippen LogP contribution is -2.13. The van der Waals surface area contributed by atoms with Crippen LogP contribution in [-0.2, 0) is 6.42 Å². The van der Waals surface area contributed by atoms with Crippen LogP contribution in [0.2, 0.25) is 0 Å². The van der Waals surface area contributed by atoms with Gasteiger partial charge in [0, 0.05) is 0 Å². The number of para-hydroxylation sites is 1. The molecule has 0 aliphatic rings. The summed E-state index contributed by atoms with van der Waals surface area (Å²) in [5, 5.41) is 0.896. The van der Waals surface area contributed by atoms with Crippen LogP contribution in [-0.4, -0.2) is 4.98 Å². The number of aromatic nitrogens is 1. The smallest absolute Gasteiger partial charge is 0.126 e. The van der Waals surface area contributed by atoms with Crippen molar-refractivity contribution in [2.75, 3.05) is 0 Å². The van der Waals surface area contributed by atoms with Gasteiger partial charge >= 0.3 is 0 Å². The summed E-state index contributed by atoms with van der Waals surface area (Å²) in [7, 11) is 0. The molecular formula is C16H15FN2S. The molecule has 2 nitrogen and oxygen atoms in total. The van der Waals surface area contributed by atoms with Crippen LogP contribution in [0, 0.1) is 12.7 Å². The van der Waals surface area contributed by atoms with Crippen LogP contribution in [0.1, 0.15) is 22.2 Å². The molecule has 20 heavy (non-hydrogen) atoms. The fraction of sp³-hybridized carbons (Fsp3) is 0.188. The number of nitrogens with zero attached hydrogens (tertiary/aromatic N) is 1. The molecule has 0 fully saturated rings. The first-order chi connectivity index (χ1) is 9.63. The maximum absolute atomic E-state index is 13.5. The predicted octanol–water partition coefficient (Wildman–Crippen LogP) is 3.99. The summed E-state index contributed by atoms with van der Waals surface area (Å²) < 4.78 is 14.7. The first-order valence-electron chi connectivity index (χ1n) is 6.49. The number of hydrogen-bond acceptors (Lipinski definition) is 3. The number of fused-ring (bicyclic) bond motifs is 1. The van der Waals surface area contributed by atoms with Crippen molar-refractivity contribution < 1.29 is 4.39 Å². The van der Waals surface area contributed by atoms with Gasteiger partial charge in [0.15, 0.2) is 0 Å². The highest BCUT2D eigenvalue weighted by Gasteiger charge is 2.13. The Morgan fingerprint density at radius 2 is 2.05 bits per heavy atom. The van der Waals surface area contributed by atoms with Gasteiger partial charge in [-0.15, -0.1) is 11.3 Å². The van der Waals surface area contributed by atoms with E-state index < -0.39 is 0 Å². The molecule has 1 aromatic heterocycles. The molecule has 2 N–H and O–H groups in total. The molecule has 1 atom stereocenters. The van der Waals surface area contributed by atoms with Crippen LogP contribution in [0.3, 0.4) is 0 Å². The molecule has 0 saturated carbocycles. The highest BCUT2D eigenvalue weighted by Crippen LogP contribution is 2.27. The van der Waals surface area contributed by atoms with Crippen molar-refractivity contribution in [3.05, 3.63) is 64.4 Å². The van der Waals surface area contributed by atoms with Crippen LogP contribution < -0.4 is 5.73 Å². The molecule has 0 saturated heterocycles. The minimum absolute atomic E-state index is 0.181. The molecule has 3 aromatic rings. The minimum Gasteiger partial charge on any atom is -0.322 e. The molecule has 0 amide bonds. The number of aryl methyl sites for hydroxylation is 1. The molecule has 0 aliphatic heterocycles. The largest absolute Gasteiger partial charge is 0.322 e. The molecule has 0 bridgehead atoms. The van der Waals surface area contributed by atoms with Crippen LogP contribution in [0.5, 0.6) is 0 Å². The van der Waals surface area contributed by atoms with Gasteiger partial charge in [0.1, 0.15) is 10.8 Å². The third-order valence-corrected chi connectivity index (χ3v) is 4.49. The number of halogens is 1. The summed E-state index contributed by atoms with van der Waals surface area (Å²) in [6, 6.07) is 13.0. The molecule has 102 valence electrons. The second kappa shape index (κ2) is 5.31. The van der Waals surface area contributed by atoms with Gasteiger partial charge in [0.05, 0.1) is 16.3 Å². The van der Waals surface area contributed by atoms with Gasteiger partial charge in [0.25, 0.3) is 0 Å². The van der Waals surface area contributed by atoms with E-state index in [9.17, 15) is 4.39 Å². The Labute approximate surface area is 121 Å². The second-order valence-electron chi connectivity index (χ2n) is 4.91. The summed E-state index contributed by atoms with van der Waals surface area (Å²) >= 11 is 1.60. The lowest BCUT2D eigenvalue weighted by atomic mass is 10.0. The summed E-state index contributed by atoms with van der Waals surface area (Å²) in [6.45, 7) is 1.76. The summed E-state index contributed by atoms with van der Waals surface area (Å²) in [5.41, 5.74) is 8.73. The third-order valence-electron chi connectivity index (χ3n) is 3.32. The van der Waals surface area contributed by atoms with E-state index in [1.54, 1.807) is 30.4 Å². The normalized spacial score (nSPS) is 12.8. The molecule has 4 heteroatoms. The van der Waals surface area contributed by atoms with E-state index in [1.165, 1.54) is 0 Å². The third kappa shape index (κ3) is 2.57. The highest BCUT2D eigenvalue weighted by molar-refractivity contribution is 7.18. The van der Waals surface area contributed by atoms with Gasteiger partial charge in [-0.2, -0.15) is 0 Å². The Hall–Kier alpha value is -1.78. The maximum atomic E-state index is 13.5. The molecule has 1 heterocycles. The van der Waals surface area contributed by atoms with Crippen LogP contribution in [0.4, 0.5) is 4.39 Å². The van der Waals surface area contributed by atoms with Gasteiger partial charge in [0.2, 0.25) is 0 Å². The first-order valence-corrected chi connectivity index (χ1v) is 7.31. The van der Waals surface area contributed by atoms with Gasteiger partial charge in [-0.1, -0.05) is 24.3 Å². The molecular weight excluding hydrogens is 271 g/mol. The molecule has 1 unspecified atom stereocenters. The summed E-state index contributed by atoms with van der Waals surface area (Å²) in [6.07, 6.45) is 0.594. The Bertz CT molecular complexity index is 718. The standard InChI is InChI=1S/C16H15FN2S/c1-10-6-7-11(8-12(10)17)9-13(18)16-19-14-4-2-3-5-15(14)20-16/h2-8,13H,9,18H2,1H3. The summed E-state index contributed by atoms with van der Waals surface area (Å²) in [4.78, 5) is 4.55. The number of benzene rings is 2. The Kier molecular flexibility index (Phi) is 3.51. The van der Waals surface area contributed by atoms with Crippen LogP contribution in [0.15, 0.2) is 42.5 Å². The van der Waals surface area contributed by atoms with Crippen molar-refractivity contribution in [3.63, 3.8) is 0 Å². The van der Waals surface area contributed by atoms with Crippen molar-refractivity contribution >= 4 is 21.6 Å². The maximum Gasteiger partial charge on any atom is 0.126 e. The zero-order chi connectivity index (χ0) is 14.1. The van der Waals surface area contributed by atoms with Gasteiger partial charge in [-0.25, -0.2) is 9.37 Å². The number of thiazole rings is 1. The lowest BCUT2D eigenvalue weighted by Gasteiger charge is -2.09. The van der Waals surface area contributed by atoms with E-state index in [-0.39, 0.29) is 11.9 Å². The van der Waals surface area contributed by atoms with Crippen LogP contribution >= 0.6 is 11.3 Å². The quantitative estimate of drug-likeness (QED) is 0.790. The second-order valence-corrected chi connectivity index (χ2v) is 5.98. The average Bonchev–Trinajstić information content (AvgIpc) is 2.87. The molecule has 0 aliphatic carbocycles. The van der Waals surface area contributed by atoms with Crippen molar-refractivity contribution in [3.8, 4) is 0 Å². The topological polar surface area (TPSA) is 38.9 Å². The molecule has 3 rings (SSSR count). The van der Waals surface area contributed by atoms with Crippen molar-refractivity contribution in [1.29, 1.82) is 0 Å². The first kappa shape index (κ1) is 13.2. The average molecular weight is 286 g/mol. The van der Waals surface area contributed by atoms with Gasteiger partial charge < -0.3 is 5.73 Å². The number of nitrogens with two attached hydrogens (primary N) is 1. The van der Waals surface area contributed by atoms with E-state index in [0.29, 0.717) is 12.0 Å². The van der Waals surface area contributed by atoms with E-state index in [4.69, 9.17) is 5.73 Å². The zero-order valence-electron chi connectivity index (χ0n) is 11.1. The SMILES string of the molecule is Cc1ccc(CC(N)c2nc3ccccc3s2)cc1F. The fourth-order valence-electron chi connectivity index (χ4n) is 2.15. The molecule has 0 spiro atoms. The zero-order valence-corrected chi connectivity index (χ0v) is 12.0. The van der Waals surface area contributed by atoms with Crippen molar-refractivity contribution in [2.24, 2.45) is 5.73 Å². The number of rotatable bonds is 3. The van der Waals surface area contributed by atoms with E-state index in [1.807, 2.05) is 30.3 Å².